The molecule has 1 aromatic heterocycles. The second-order valence-electron chi connectivity index (χ2n) is 7.03. The minimum atomic E-state index is -3.39. The van der Waals surface area contributed by atoms with E-state index in [-0.39, 0.29) is 16.3 Å². The molecule has 0 atom stereocenters. The Morgan fingerprint density at radius 2 is 1.78 bits per heavy atom. The van der Waals surface area contributed by atoms with Crippen LogP contribution in [0, 0.1) is 11.6 Å². The highest BCUT2D eigenvalue weighted by Gasteiger charge is 2.18. The predicted octanol–water partition coefficient (Wildman–Crippen LogP) is 4.66. The lowest BCUT2D eigenvalue weighted by Crippen LogP contribution is -2.24. The van der Waals surface area contributed by atoms with Crippen LogP contribution in [0.1, 0.15) is 26.7 Å². The van der Waals surface area contributed by atoms with E-state index < -0.39 is 27.0 Å². The van der Waals surface area contributed by atoms with Crippen LogP contribution < -0.4 is 10.3 Å². The van der Waals surface area contributed by atoms with Gasteiger partial charge in [0.05, 0.1) is 22.3 Å². The van der Waals surface area contributed by atoms with E-state index in [4.69, 9.17) is 4.74 Å². The summed E-state index contributed by atoms with van der Waals surface area (Å²) < 4.78 is 57.4. The summed E-state index contributed by atoms with van der Waals surface area (Å²) in [6, 6.07) is 8.98. The van der Waals surface area contributed by atoms with Crippen molar-refractivity contribution in [3.05, 3.63) is 82.5 Å². The zero-order valence-corrected chi connectivity index (χ0v) is 18.6. The number of halogens is 2. The van der Waals surface area contributed by atoms with E-state index in [2.05, 4.69) is 5.10 Å². The second kappa shape index (κ2) is 9.44. The normalized spacial score (nSPS) is 12.1. The first-order chi connectivity index (χ1) is 15.2. The molecular weight excluding hydrogens is 438 g/mol. The third-order valence-corrected chi connectivity index (χ3v) is 5.82. The van der Waals surface area contributed by atoms with Gasteiger partial charge in [0.1, 0.15) is 5.76 Å². The molecule has 3 rings (SSSR count). The van der Waals surface area contributed by atoms with Gasteiger partial charge in [-0.15, -0.1) is 0 Å². The standard InChI is InChI=1S/C23H22F2N2O4S/c1-4-6-17(5-2)31-22-19(15-7-10-18(11-8-15)32(3,29)30)14-26-27(23(22)28)16-9-12-20(24)21(25)13-16/h6-14H,4-5H2,1-3H3. The topological polar surface area (TPSA) is 78.3 Å². The number of benzene rings is 2. The molecular formula is C23H22F2N2O4S. The Hall–Kier alpha value is -3.33. The average Bonchev–Trinajstić information content (AvgIpc) is 2.76. The molecule has 0 spiro atoms. The molecule has 0 N–H and O–H groups in total. The first-order valence-electron chi connectivity index (χ1n) is 9.90. The van der Waals surface area contributed by atoms with Gasteiger partial charge in [-0.25, -0.2) is 17.2 Å². The van der Waals surface area contributed by atoms with Crippen molar-refractivity contribution < 1.29 is 21.9 Å². The van der Waals surface area contributed by atoms with Crippen molar-refractivity contribution in [3.63, 3.8) is 0 Å². The van der Waals surface area contributed by atoms with Crippen LogP contribution in [0.5, 0.6) is 5.75 Å². The van der Waals surface area contributed by atoms with Crippen molar-refractivity contribution in [1.82, 2.24) is 9.78 Å². The van der Waals surface area contributed by atoms with Crippen LogP contribution >= 0.6 is 0 Å². The Labute approximate surface area is 184 Å². The van der Waals surface area contributed by atoms with E-state index in [0.717, 1.165) is 23.1 Å². The van der Waals surface area contributed by atoms with Crippen LogP contribution in [-0.4, -0.2) is 24.5 Å². The van der Waals surface area contributed by atoms with Crippen LogP contribution in [0.2, 0.25) is 0 Å². The highest BCUT2D eigenvalue weighted by molar-refractivity contribution is 7.90. The van der Waals surface area contributed by atoms with Gasteiger partial charge < -0.3 is 4.74 Å². The van der Waals surface area contributed by atoms with Crippen molar-refractivity contribution in [1.29, 1.82) is 0 Å². The molecule has 9 heteroatoms. The van der Waals surface area contributed by atoms with Crippen LogP contribution in [-0.2, 0) is 9.84 Å². The highest BCUT2D eigenvalue weighted by Crippen LogP contribution is 2.29. The van der Waals surface area contributed by atoms with Crippen molar-refractivity contribution in [2.24, 2.45) is 0 Å². The summed E-state index contributed by atoms with van der Waals surface area (Å²) in [4.78, 5) is 13.4. The fourth-order valence-electron chi connectivity index (χ4n) is 3.04. The van der Waals surface area contributed by atoms with Gasteiger partial charge >= 0.3 is 5.56 Å². The van der Waals surface area contributed by atoms with Gasteiger partial charge in [-0.2, -0.15) is 9.78 Å². The minimum absolute atomic E-state index is 0.0373. The molecule has 2 aromatic carbocycles. The summed E-state index contributed by atoms with van der Waals surface area (Å²) in [5.74, 6) is -1.65. The van der Waals surface area contributed by atoms with Gasteiger partial charge in [-0.1, -0.05) is 26.0 Å². The van der Waals surface area contributed by atoms with Gasteiger partial charge in [-0.3, -0.25) is 4.79 Å². The molecule has 3 aromatic rings. The number of hydrogen-bond acceptors (Lipinski definition) is 5. The summed E-state index contributed by atoms with van der Waals surface area (Å²) in [6.45, 7) is 3.80. The maximum atomic E-state index is 13.7. The first-order valence-corrected chi connectivity index (χ1v) is 11.8. The molecule has 0 saturated carbocycles. The number of sulfone groups is 1. The molecule has 0 aliphatic heterocycles. The third kappa shape index (κ3) is 4.94. The Morgan fingerprint density at radius 3 is 2.34 bits per heavy atom. The van der Waals surface area contributed by atoms with Crippen molar-refractivity contribution in [2.75, 3.05) is 6.26 Å². The Kier molecular flexibility index (Phi) is 6.88. The van der Waals surface area contributed by atoms with E-state index in [1.807, 2.05) is 19.9 Å². The van der Waals surface area contributed by atoms with Crippen LogP contribution in [0.3, 0.4) is 0 Å². The summed E-state index contributed by atoms with van der Waals surface area (Å²) in [7, 11) is -3.39. The fraction of sp³-hybridized carbons (Fsp3) is 0.217. The lowest BCUT2D eigenvalue weighted by molar-refractivity contribution is 0.398. The first kappa shape index (κ1) is 23.3. The third-order valence-electron chi connectivity index (χ3n) is 4.69. The fourth-order valence-corrected chi connectivity index (χ4v) is 3.67. The van der Waals surface area contributed by atoms with Crippen molar-refractivity contribution in [2.45, 2.75) is 31.6 Å². The van der Waals surface area contributed by atoms with E-state index in [1.165, 1.54) is 24.4 Å². The quantitative estimate of drug-likeness (QED) is 0.479. The lowest BCUT2D eigenvalue weighted by atomic mass is 10.1. The van der Waals surface area contributed by atoms with E-state index in [9.17, 15) is 22.0 Å². The second-order valence-corrected chi connectivity index (χ2v) is 9.05. The molecule has 0 bridgehead atoms. The van der Waals surface area contributed by atoms with Gasteiger partial charge in [0.2, 0.25) is 5.75 Å². The summed E-state index contributed by atoms with van der Waals surface area (Å²) in [5.41, 5.74) is 0.220. The van der Waals surface area contributed by atoms with Gasteiger partial charge in [-0.05, 0) is 42.3 Å². The van der Waals surface area contributed by atoms with E-state index >= 15 is 0 Å². The monoisotopic (exact) mass is 460 g/mol. The molecule has 168 valence electrons. The highest BCUT2D eigenvalue weighted by atomic mass is 32.2. The minimum Gasteiger partial charge on any atom is -0.455 e. The van der Waals surface area contributed by atoms with Crippen LogP contribution in [0.25, 0.3) is 16.8 Å². The van der Waals surface area contributed by atoms with Gasteiger partial charge in [0, 0.05) is 18.7 Å². The van der Waals surface area contributed by atoms with E-state index in [1.54, 1.807) is 12.1 Å². The summed E-state index contributed by atoms with van der Waals surface area (Å²) >= 11 is 0. The number of rotatable bonds is 7. The molecule has 0 aliphatic rings. The number of aromatic nitrogens is 2. The van der Waals surface area contributed by atoms with Gasteiger partial charge in [0.15, 0.2) is 21.5 Å². The van der Waals surface area contributed by atoms with E-state index in [0.29, 0.717) is 29.7 Å². The summed E-state index contributed by atoms with van der Waals surface area (Å²) in [6.07, 6.45) is 5.51. The zero-order valence-electron chi connectivity index (χ0n) is 17.8. The number of ether oxygens (including phenoxy) is 1. The predicted molar refractivity (Wildman–Crippen MR) is 118 cm³/mol. The molecule has 0 amide bonds. The Bertz CT molecular complexity index is 1330. The summed E-state index contributed by atoms with van der Waals surface area (Å²) in [5, 5.41) is 4.10. The molecule has 0 fully saturated rings. The largest absolute Gasteiger partial charge is 0.455 e. The SMILES string of the molecule is CCC=C(CC)Oc1c(-c2ccc(S(C)(=O)=O)cc2)cnn(-c2ccc(F)c(F)c2)c1=O. The Morgan fingerprint density at radius 1 is 1.09 bits per heavy atom. The zero-order chi connectivity index (χ0) is 23.5. The van der Waals surface area contributed by atoms with Crippen LogP contribution in [0.15, 0.2) is 70.2 Å². The van der Waals surface area contributed by atoms with Crippen molar-refractivity contribution >= 4 is 9.84 Å². The molecule has 6 nitrogen and oxygen atoms in total. The van der Waals surface area contributed by atoms with Crippen molar-refractivity contribution in [3.8, 4) is 22.6 Å². The molecule has 0 radical (unpaired) electrons. The smallest absolute Gasteiger partial charge is 0.315 e. The Balaban J connectivity index is 2.20. The molecule has 1 heterocycles. The maximum Gasteiger partial charge on any atom is 0.315 e. The van der Waals surface area contributed by atoms with Gasteiger partial charge in [0.25, 0.3) is 0 Å². The number of allylic oxidation sites excluding steroid dienone is 2. The molecule has 0 unspecified atom stereocenters. The average molecular weight is 461 g/mol. The number of hydrogen-bond donors (Lipinski definition) is 0. The maximum absolute atomic E-state index is 13.7. The molecule has 32 heavy (non-hydrogen) atoms. The molecule has 0 saturated heterocycles. The number of nitrogens with zero attached hydrogens (tertiary/aromatic N) is 2. The lowest BCUT2D eigenvalue weighted by Gasteiger charge is -2.15. The van der Waals surface area contributed by atoms with Crippen LogP contribution in [0.4, 0.5) is 8.78 Å². The molecule has 0 aliphatic carbocycles.